The van der Waals surface area contributed by atoms with Gasteiger partial charge in [-0.2, -0.15) is 0 Å². The molecule has 2 unspecified atom stereocenters. The lowest BCUT2D eigenvalue weighted by Gasteiger charge is -2.23. The van der Waals surface area contributed by atoms with Crippen LogP contribution in [0.1, 0.15) is 24.9 Å². The molecule has 0 aromatic heterocycles. The minimum atomic E-state index is -0.198. The van der Waals surface area contributed by atoms with E-state index < -0.39 is 0 Å². The average molecular weight is 248 g/mol. The molecular weight excluding hydrogens is 228 g/mol. The molecule has 1 aliphatic rings. The van der Waals surface area contributed by atoms with Gasteiger partial charge in [-0.1, -0.05) is 30.3 Å². The number of hydrogen-bond acceptors (Lipinski definition) is 3. The zero-order valence-corrected chi connectivity index (χ0v) is 10.9. The van der Waals surface area contributed by atoms with Gasteiger partial charge in [0, 0.05) is 19.8 Å². The molecule has 1 aliphatic heterocycles. The number of hydrogen-bond donors (Lipinski definition) is 1. The molecule has 1 N–H and O–H groups in total. The van der Waals surface area contributed by atoms with Crippen molar-refractivity contribution in [1.29, 1.82) is 0 Å². The summed E-state index contributed by atoms with van der Waals surface area (Å²) < 4.78 is 5.06. The zero-order valence-electron chi connectivity index (χ0n) is 10.9. The summed E-state index contributed by atoms with van der Waals surface area (Å²) in [6.45, 7) is 3.36. The summed E-state index contributed by atoms with van der Waals surface area (Å²) in [7, 11) is 1.68. The van der Waals surface area contributed by atoms with Gasteiger partial charge in [-0.15, -0.1) is 0 Å². The Hall–Kier alpha value is -1.39. The third-order valence-corrected chi connectivity index (χ3v) is 3.40. The number of carbonyl (C=O) groups is 1. The molecule has 1 amide bonds. The molecule has 2 atom stereocenters. The van der Waals surface area contributed by atoms with Gasteiger partial charge in [-0.25, -0.2) is 0 Å². The van der Waals surface area contributed by atoms with Crippen LogP contribution in [0.4, 0.5) is 0 Å². The molecule has 1 saturated heterocycles. The minimum Gasteiger partial charge on any atom is -0.385 e. The fourth-order valence-corrected chi connectivity index (χ4v) is 2.24. The molecular formula is C14H20N2O2. The molecule has 1 fully saturated rings. The Kier molecular flexibility index (Phi) is 4.33. The Morgan fingerprint density at radius 1 is 1.44 bits per heavy atom. The average Bonchev–Trinajstić information content (AvgIpc) is 2.79. The van der Waals surface area contributed by atoms with Crippen molar-refractivity contribution in [3.63, 3.8) is 0 Å². The van der Waals surface area contributed by atoms with E-state index >= 15 is 0 Å². The van der Waals surface area contributed by atoms with Crippen LogP contribution in [-0.2, 0) is 9.53 Å². The van der Waals surface area contributed by atoms with Crippen molar-refractivity contribution in [2.75, 3.05) is 20.4 Å². The molecule has 1 aromatic carbocycles. The van der Waals surface area contributed by atoms with E-state index in [0.717, 1.165) is 12.0 Å². The van der Waals surface area contributed by atoms with Gasteiger partial charge >= 0.3 is 0 Å². The monoisotopic (exact) mass is 248 g/mol. The van der Waals surface area contributed by atoms with Crippen molar-refractivity contribution >= 4 is 5.91 Å². The van der Waals surface area contributed by atoms with E-state index in [-0.39, 0.29) is 18.0 Å². The second-order valence-corrected chi connectivity index (χ2v) is 4.64. The van der Waals surface area contributed by atoms with Crippen LogP contribution >= 0.6 is 0 Å². The molecule has 4 nitrogen and oxygen atoms in total. The molecule has 98 valence electrons. The molecule has 0 spiro atoms. The maximum atomic E-state index is 12.3. The summed E-state index contributed by atoms with van der Waals surface area (Å²) in [5, 5.41) is 3.27. The standard InChI is InChI=1S/C14H20N2O2/c1-11(8-9-18-2)16-10-15-13(14(16)17)12-6-4-3-5-7-12/h3-7,11,13,15H,8-10H2,1-2H3. The third-order valence-electron chi connectivity index (χ3n) is 3.40. The van der Waals surface area contributed by atoms with Gasteiger partial charge in [0.15, 0.2) is 0 Å². The van der Waals surface area contributed by atoms with E-state index in [4.69, 9.17) is 4.74 Å². The summed E-state index contributed by atoms with van der Waals surface area (Å²) in [5.41, 5.74) is 1.03. The Balaban J connectivity index is 2.01. The number of nitrogens with one attached hydrogen (secondary N) is 1. The van der Waals surface area contributed by atoms with Gasteiger partial charge in [-0.3, -0.25) is 10.1 Å². The summed E-state index contributed by atoms with van der Waals surface area (Å²) in [5.74, 6) is 0.157. The van der Waals surface area contributed by atoms with Crippen molar-refractivity contribution in [3.8, 4) is 0 Å². The lowest BCUT2D eigenvalue weighted by molar-refractivity contribution is -0.130. The van der Waals surface area contributed by atoms with Crippen molar-refractivity contribution < 1.29 is 9.53 Å². The van der Waals surface area contributed by atoms with Crippen molar-refractivity contribution in [2.24, 2.45) is 0 Å². The predicted molar refractivity (Wildman–Crippen MR) is 70.0 cm³/mol. The highest BCUT2D eigenvalue weighted by Crippen LogP contribution is 2.22. The lowest BCUT2D eigenvalue weighted by atomic mass is 10.1. The Morgan fingerprint density at radius 3 is 2.83 bits per heavy atom. The van der Waals surface area contributed by atoms with Crippen molar-refractivity contribution in [3.05, 3.63) is 35.9 Å². The van der Waals surface area contributed by atoms with Crippen LogP contribution in [0.25, 0.3) is 0 Å². The van der Waals surface area contributed by atoms with Crippen LogP contribution in [0.5, 0.6) is 0 Å². The van der Waals surface area contributed by atoms with Gasteiger partial charge in [0.1, 0.15) is 6.04 Å². The highest BCUT2D eigenvalue weighted by molar-refractivity contribution is 5.85. The first kappa shape index (κ1) is 13.1. The Morgan fingerprint density at radius 2 is 2.17 bits per heavy atom. The number of benzene rings is 1. The largest absolute Gasteiger partial charge is 0.385 e. The highest BCUT2D eigenvalue weighted by Gasteiger charge is 2.34. The van der Waals surface area contributed by atoms with Crippen LogP contribution in [0.2, 0.25) is 0 Å². The molecule has 0 bridgehead atoms. The van der Waals surface area contributed by atoms with Crippen molar-refractivity contribution in [2.45, 2.75) is 25.4 Å². The van der Waals surface area contributed by atoms with Gasteiger partial charge in [0.25, 0.3) is 0 Å². The van der Waals surface area contributed by atoms with E-state index in [1.54, 1.807) is 7.11 Å². The van der Waals surface area contributed by atoms with Crippen LogP contribution in [0.15, 0.2) is 30.3 Å². The van der Waals surface area contributed by atoms with Crippen LogP contribution in [0.3, 0.4) is 0 Å². The number of ether oxygens (including phenoxy) is 1. The predicted octanol–water partition coefficient (Wildman–Crippen LogP) is 1.54. The van der Waals surface area contributed by atoms with Gasteiger partial charge in [0.2, 0.25) is 5.91 Å². The molecule has 1 heterocycles. The zero-order chi connectivity index (χ0) is 13.0. The number of carbonyl (C=O) groups excluding carboxylic acids is 1. The van der Waals surface area contributed by atoms with E-state index in [1.165, 1.54) is 0 Å². The van der Waals surface area contributed by atoms with Gasteiger partial charge < -0.3 is 9.64 Å². The van der Waals surface area contributed by atoms with Crippen LogP contribution in [-0.4, -0.2) is 37.2 Å². The van der Waals surface area contributed by atoms with E-state index in [9.17, 15) is 4.79 Å². The number of nitrogens with zero attached hydrogens (tertiary/aromatic N) is 1. The first-order chi connectivity index (χ1) is 8.74. The van der Waals surface area contributed by atoms with Gasteiger partial charge in [0.05, 0.1) is 6.67 Å². The summed E-state index contributed by atoms with van der Waals surface area (Å²) in [6, 6.07) is 9.86. The fraction of sp³-hybridized carbons (Fsp3) is 0.500. The minimum absolute atomic E-state index is 0.157. The van der Waals surface area contributed by atoms with E-state index in [0.29, 0.717) is 13.3 Å². The smallest absolute Gasteiger partial charge is 0.245 e. The molecule has 0 aliphatic carbocycles. The summed E-state index contributed by atoms with van der Waals surface area (Å²) in [6.07, 6.45) is 0.866. The molecule has 18 heavy (non-hydrogen) atoms. The quantitative estimate of drug-likeness (QED) is 0.859. The van der Waals surface area contributed by atoms with Crippen LogP contribution < -0.4 is 5.32 Å². The first-order valence-corrected chi connectivity index (χ1v) is 6.31. The van der Waals surface area contributed by atoms with E-state index in [2.05, 4.69) is 12.2 Å². The number of rotatable bonds is 5. The van der Waals surface area contributed by atoms with Crippen molar-refractivity contribution in [1.82, 2.24) is 10.2 Å². The SMILES string of the molecule is COCCC(C)N1CNC(c2ccccc2)C1=O. The number of methoxy groups -OCH3 is 1. The Bertz CT molecular complexity index is 394. The normalized spacial score (nSPS) is 21.3. The maximum absolute atomic E-state index is 12.3. The maximum Gasteiger partial charge on any atom is 0.245 e. The summed E-state index contributed by atoms with van der Waals surface area (Å²) >= 11 is 0. The van der Waals surface area contributed by atoms with Gasteiger partial charge in [-0.05, 0) is 18.9 Å². The molecule has 2 rings (SSSR count). The molecule has 0 saturated carbocycles. The molecule has 1 aromatic rings. The fourth-order valence-electron chi connectivity index (χ4n) is 2.24. The Labute approximate surface area is 108 Å². The second kappa shape index (κ2) is 5.98. The summed E-state index contributed by atoms with van der Waals surface area (Å²) in [4.78, 5) is 14.2. The lowest BCUT2D eigenvalue weighted by Crippen LogP contribution is -2.36. The van der Waals surface area contributed by atoms with E-state index in [1.807, 2.05) is 35.2 Å². The number of amides is 1. The molecule has 4 heteroatoms. The first-order valence-electron chi connectivity index (χ1n) is 6.31. The topological polar surface area (TPSA) is 41.6 Å². The highest BCUT2D eigenvalue weighted by atomic mass is 16.5. The van der Waals surface area contributed by atoms with Crippen LogP contribution in [0, 0.1) is 0 Å². The third kappa shape index (κ3) is 2.71. The molecule has 0 radical (unpaired) electrons. The second-order valence-electron chi connectivity index (χ2n) is 4.64.